The van der Waals surface area contributed by atoms with E-state index in [4.69, 9.17) is 5.73 Å². The molecule has 2 N–H and O–H groups in total. The second-order valence-electron chi connectivity index (χ2n) is 6.90. The van der Waals surface area contributed by atoms with Crippen LogP contribution in [0.3, 0.4) is 0 Å². The van der Waals surface area contributed by atoms with Crippen LogP contribution in [0.15, 0.2) is 53.0 Å². The fraction of sp³-hybridized carbons (Fsp3) is 0.316. The molecule has 1 unspecified atom stereocenters. The second-order valence-corrected chi connectivity index (χ2v) is 7.81. The molecular formula is C19H19BrN2O. The third-order valence-electron chi connectivity index (χ3n) is 5.21. The number of anilines is 1. The summed E-state index contributed by atoms with van der Waals surface area (Å²) in [6.45, 7) is 2.56. The van der Waals surface area contributed by atoms with Crippen LogP contribution in [-0.2, 0) is 15.7 Å². The van der Waals surface area contributed by atoms with Gasteiger partial charge in [-0.05, 0) is 49.1 Å². The van der Waals surface area contributed by atoms with Crippen molar-refractivity contribution in [3.05, 3.63) is 64.1 Å². The van der Waals surface area contributed by atoms with Crippen LogP contribution in [0.5, 0.6) is 0 Å². The van der Waals surface area contributed by atoms with E-state index in [9.17, 15) is 4.79 Å². The number of para-hydroxylation sites is 1. The van der Waals surface area contributed by atoms with Gasteiger partial charge in [-0.15, -0.1) is 0 Å². The van der Waals surface area contributed by atoms with Crippen molar-refractivity contribution in [2.75, 3.05) is 11.4 Å². The number of amides is 1. The monoisotopic (exact) mass is 370 g/mol. The lowest BCUT2D eigenvalue weighted by atomic mass is 9.91. The molecule has 1 heterocycles. The number of nitrogens with zero attached hydrogens (tertiary/aromatic N) is 1. The highest BCUT2D eigenvalue weighted by atomic mass is 79.9. The number of halogens is 1. The molecule has 4 heteroatoms. The molecule has 118 valence electrons. The lowest BCUT2D eigenvalue weighted by Gasteiger charge is -2.30. The summed E-state index contributed by atoms with van der Waals surface area (Å²) in [5.41, 5.74) is 8.79. The molecule has 4 rings (SSSR count). The number of carbonyl (C=O) groups excluding carboxylic acids is 1. The SMILES string of the molecule is CC(N)(C(=O)N1CC2(CC2)c2ccccc21)c1ccc(Br)cc1. The van der Waals surface area contributed by atoms with Crippen molar-refractivity contribution >= 4 is 27.5 Å². The third kappa shape index (κ3) is 2.24. The molecule has 1 spiro atoms. The first kappa shape index (κ1) is 14.9. The van der Waals surface area contributed by atoms with Crippen LogP contribution >= 0.6 is 15.9 Å². The van der Waals surface area contributed by atoms with Crippen LogP contribution in [-0.4, -0.2) is 12.5 Å². The zero-order valence-corrected chi connectivity index (χ0v) is 14.6. The van der Waals surface area contributed by atoms with E-state index in [1.165, 1.54) is 5.56 Å². The molecule has 1 aliphatic carbocycles. The molecule has 1 fully saturated rings. The first-order valence-electron chi connectivity index (χ1n) is 7.90. The van der Waals surface area contributed by atoms with Gasteiger partial charge in [-0.3, -0.25) is 4.79 Å². The molecule has 2 aromatic rings. The Hall–Kier alpha value is -1.65. The van der Waals surface area contributed by atoms with Gasteiger partial charge in [-0.25, -0.2) is 0 Å². The van der Waals surface area contributed by atoms with Gasteiger partial charge in [0.25, 0.3) is 5.91 Å². The van der Waals surface area contributed by atoms with E-state index in [0.717, 1.165) is 35.1 Å². The van der Waals surface area contributed by atoms with Crippen LogP contribution in [0.25, 0.3) is 0 Å². The van der Waals surface area contributed by atoms with Crippen molar-refractivity contribution in [1.29, 1.82) is 0 Å². The molecule has 2 aromatic carbocycles. The van der Waals surface area contributed by atoms with Gasteiger partial charge in [0.1, 0.15) is 5.54 Å². The van der Waals surface area contributed by atoms with Crippen LogP contribution < -0.4 is 10.6 Å². The molecule has 1 aliphatic heterocycles. The molecule has 1 atom stereocenters. The smallest absolute Gasteiger partial charge is 0.251 e. The molecule has 1 saturated carbocycles. The highest BCUT2D eigenvalue weighted by Crippen LogP contribution is 2.56. The molecule has 23 heavy (non-hydrogen) atoms. The standard InChI is InChI=1S/C19H19BrN2O/c1-18(21,13-6-8-14(20)9-7-13)17(23)22-12-19(10-11-19)15-4-2-3-5-16(15)22/h2-9H,10-12,21H2,1H3. The number of rotatable bonds is 2. The summed E-state index contributed by atoms with van der Waals surface area (Å²) in [4.78, 5) is 15.1. The predicted molar refractivity (Wildman–Crippen MR) is 95.4 cm³/mol. The molecule has 0 bridgehead atoms. The van der Waals surface area contributed by atoms with Crippen molar-refractivity contribution in [3.8, 4) is 0 Å². The normalized spacial score (nSPS) is 20.2. The minimum atomic E-state index is -1.03. The Kier molecular flexibility index (Phi) is 3.19. The van der Waals surface area contributed by atoms with E-state index in [2.05, 4.69) is 28.1 Å². The number of hydrogen-bond donors (Lipinski definition) is 1. The van der Waals surface area contributed by atoms with Crippen LogP contribution in [0.1, 0.15) is 30.9 Å². The summed E-state index contributed by atoms with van der Waals surface area (Å²) < 4.78 is 0.980. The first-order valence-corrected chi connectivity index (χ1v) is 8.70. The maximum Gasteiger partial charge on any atom is 0.251 e. The number of nitrogens with two attached hydrogens (primary N) is 1. The Morgan fingerprint density at radius 3 is 2.48 bits per heavy atom. The highest BCUT2D eigenvalue weighted by molar-refractivity contribution is 9.10. The predicted octanol–water partition coefficient (Wildman–Crippen LogP) is 3.70. The highest BCUT2D eigenvalue weighted by Gasteiger charge is 2.54. The Labute approximate surface area is 144 Å². The van der Waals surface area contributed by atoms with Gasteiger partial charge >= 0.3 is 0 Å². The fourth-order valence-electron chi connectivity index (χ4n) is 3.59. The minimum absolute atomic E-state index is 0.0314. The van der Waals surface area contributed by atoms with E-state index in [0.29, 0.717) is 0 Å². The summed E-state index contributed by atoms with van der Waals surface area (Å²) >= 11 is 3.42. The third-order valence-corrected chi connectivity index (χ3v) is 5.74. The molecule has 3 nitrogen and oxygen atoms in total. The van der Waals surface area contributed by atoms with Crippen LogP contribution in [0.2, 0.25) is 0 Å². The summed E-state index contributed by atoms with van der Waals surface area (Å²) in [5, 5.41) is 0. The maximum atomic E-state index is 13.2. The Bertz CT molecular complexity index is 778. The van der Waals surface area contributed by atoms with Crippen molar-refractivity contribution in [2.24, 2.45) is 5.73 Å². The van der Waals surface area contributed by atoms with Gasteiger partial charge in [0.05, 0.1) is 0 Å². The van der Waals surface area contributed by atoms with Crippen molar-refractivity contribution < 1.29 is 4.79 Å². The van der Waals surface area contributed by atoms with Crippen LogP contribution in [0.4, 0.5) is 5.69 Å². The van der Waals surface area contributed by atoms with E-state index in [1.807, 2.05) is 41.3 Å². The van der Waals surface area contributed by atoms with Gasteiger partial charge < -0.3 is 10.6 Å². The largest absolute Gasteiger partial charge is 0.314 e. The van der Waals surface area contributed by atoms with Gasteiger partial charge in [0.15, 0.2) is 0 Å². The summed E-state index contributed by atoms with van der Waals surface area (Å²) in [6.07, 6.45) is 2.32. The molecule has 2 aliphatic rings. The Morgan fingerprint density at radius 1 is 1.17 bits per heavy atom. The zero-order chi connectivity index (χ0) is 16.2. The second kappa shape index (κ2) is 4.92. The lowest BCUT2D eigenvalue weighted by molar-refractivity contribution is -0.123. The number of hydrogen-bond acceptors (Lipinski definition) is 2. The van der Waals surface area contributed by atoms with Crippen molar-refractivity contribution in [3.63, 3.8) is 0 Å². The summed E-state index contributed by atoms with van der Waals surface area (Å²) in [5.74, 6) is -0.0314. The first-order chi connectivity index (χ1) is 10.9. The topological polar surface area (TPSA) is 46.3 Å². The van der Waals surface area contributed by atoms with E-state index in [1.54, 1.807) is 6.92 Å². The van der Waals surface area contributed by atoms with Crippen molar-refractivity contribution in [1.82, 2.24) is 0 Å². The summed E-state index contributed by atoms with van der Waals surface area (Å²) in [7, 11) is 0. The van der Waals surface area contributed by atoms with Gasteiger partial charge in [0, 0.05) is 22.1 Å². The van der Waals surface area contributed by atoms with E-state index in [-0.39, 0.29) is 11.3 Å². The van der Waals surface area contributed by atoms with Gasteiger partial charge in [-0.1, -0.05) is 46.3 Å². The zero-order valence-electron chi connectivity index (χ0n) is 13.1. The molecule has 0 saturated heterocycles. The number of fused-ring (bicyclic) bond motifs is 2. The number of benzene rings is 2. The van der Waals surface area contributed by atoms with E-state index < -0.39 is 5.54 Å². The molecular weight excluding hydrogens is 352 g/mol. The van der Waals surface area contributed by atoms with Gasteiger partial charge in [0.2, 0.25) is 0 Å². The Morgan fingerprint density at radius 2 is 1.83 bits per heavy atom. The molecule has 0 aromatic heterocycles. The average Bonchev–Trinajstić information content (AvgIpc) is 3.25. The van der Waals surface area contributed by atoms with Crippen LogP contribution in [0, 0.1) is 0 Å². The quantitative estimate of drug-likeness (QED) is 0.875. The lowest BCUT2D eigenvalue weighted by Crippen LogP contribution is -2.51. The Balaban J connectivity index is 1.71. The fourth-order valence-corrected chi connectivity index (χ4v) is 3.85. The summed E-state index contributed by atoms with van der Waals surface area (Å²) in [6, 6.07) is 15.9. The molecule has 0 radical (unpaired) electrons. The van der Waals surface area contributed by atoms with Crippen molar-refractivity contribution in [2.45, 2.75) is 30.7 Å². The van der Waals surface area contributed by atoms with E-state index >= 15 is 0 Å². The number of carbonyl (C=O) groups is 1. The van der Waals surface area contributed by atoms with Gasteiger partial charge in [-0.2, -0.15) is 0 Å². The maximum absolute atomic E-state index is 13.2. The molecule has 1 amide bonds. The minimum Gasteiger partial charge on any atom is -0.314 e. The average molecular weight is 371 g/mol.